The van der Waals surface area contributed by atoms with E-state index in [0.717, 1.165) is 0 Å². The number of benzene rings is 2. The molecule has 2 heterocycles. The molecule has 3 N–H and O–H groups in total. The summed E-state index contributed by atoms with van der Waals surface area (Å²) in [7, 11) is 3.00. The van der Waals surface area contributed by atoms with E-state index in [1.54, 1.807) is 31.4 Å². The lowest BCUT2D eigenvalue weighted by molar-refractivity contribution is -0.384. The zero-order chi connectivity index (χ0) is 26.5. The van der Waals surface area contributed by atoms with Gasteiger partial charge in [0.25, 0.3) is 11.2 Å². The molecule has 0 radical (unpaired) electrons. The predicted octanol–water partition coefficient (Wildman–Crippen LogP) is 1.23. The Morgan fingerprint density at radius 2 is 1.86 bits per heavy atom. The molecule has 37 heavy (non-hydrogen) atoms. The maximum atomic E-state index is 12.6. The Bertz CT molecular complexity index is 1550. The second-order valence-corrected chi connectivity index (χ2v) is 7.90. The van der Waals surface area contributed by atoms with E-state index in [2.05, 4.69) is 20.5 Å². The highest BCUT2D eigenvalue weighted by Crippen LogP contribution is 2.19. The van der Waals surface area contributed by atoms with Gasteiger partial charge in [0.05, 0.1) is 24.8 Å². The molecule has 192 valence electrons. The van der Waals surface area contributed by atoms with Gasteiger partial charge in [0.1, 0.15) is 24.2 Å². The van der Waals surface area contributed by atoms with Crippen LogP contribution in [0, 0.1) is 10.1 Å². The Balaban J connectivity index is 1.57. The van der Waals surface area contributed by atoms with Crippen molar-refractivity contribution in [2.75, 3.05) is 19.1 Å². The molecule has 2 aromatic heterocycles. The molecule has 0 spiro atoms. The van der Waals surface area contributed by atoms with Crippen LogP contribution in [0.15, 0.2) is 63.2 Å². The number of hydrazone groups is 1. The quantitative estimate of drug-likeness (QED) is 0.161. The summed E-state index contributed by atoms with van der Waals surface area (Å²) in [6.45, 7) is -0.204. The second-order valence-electron chi connectivity index (χ2n) is 7.90. The number of aliphatic hydroxyl groups excluding tert-OH is 1. The number of nitro groups is 1. The number of aliphatic hydroxyl groups is 1. The molecule has 14 heteroatoms. The third-order valence-electron chi connectivity index (χ3n) is 5.38. The number of H-pyrrole nitrogens is 1. The average molecular weight is 509 g/mol. The standard InChI is InChI=1S/C23H23N7O7/c1-28-20-19(21(32)26-23(28)33)29(12-16(31)13-37-18-9-7-17(36-2)8-10-18)22(25-20)27-24-11-14-3-5-15(6-4-14)30(34)35/h3-11,16,31H,12-13H2,1-2H3,(H,25,27)(H,26,32,33)/b24-11-/t16-/m0/s1. The number of nitrogens with one attached hydrogen (secondary N) is 2. The van der Waals surface area contributed by atoms with Crippen LogP contribution in [0.2, 0.25) is 0 Å². The molecule has 0 bridgehead atoms. The molecule has 4 rings (SSSR count). The van der Waals surface area contributed by atoms with E-state index in [4.69, 9.17) is 9.47 Å². The van der Waals surface area contributed by atoms with E-state index >= 15 is 0 Å². The van der Waals surface area contributed by atoms with E-state index in [0.29, 0.717) is 17.1 Å². The molecule has 1 atom stereocenters. The minimum absolute atomic E-state index is 0.0543. The molecule has 0 saturated heterocycles. The Morgan fingerprint density at radius 1 is 1.19 bits per heavy atom. The van der Waals surface area contributed by atoms with Crippen molar-refractivity contribution in [1.29, 1.82) is 0 Å². The van der Waals surface area contributed by atoms with Crippen LogP contribution in [-0.4, -0.2) is 55.2 Å². The second kappa shape index (κ2) is 10.7. The summed E-state index contributed by atoms with van der Waals surface area (Å²) in [6, 6.07) is 12.5. The molecule has 0 fully saturated rings. The van der Waals surface area contributed by atoms with Gasteiger partial charge in [0.2, 0.25) is 5.95 Å². The molecule has 0 unspecified atom stereocenters. The Labute approximate surface area is 208 Å². The lowest BCUT2D eigenvalue weighted by Crippen LogP contribution is -2.30. The van der Waals surface area contributed by atoms with E-state index < -0.39 is 22.3 Å². The number of ether oxygens (including phenoxy) is 2. The molecule has 0 saturated carbocycles. The van der Waals surface area contributed by atoms with Crippen LogP contribution in [0.3, 0.4) is 0 Å². The number of rotatable bonds is 10. The normalized spacial score (nSPS) is 12.1. The highest BCUT2D eigenvalue weighted by atomic mass is 16.6. The fourth-order valence-corrected chi connectivity index (χ4v) is 3.47. The van der Waals surface area contributed by atoms with Crippen molar-refractivity contribution in [1.82, 2.24) is 19.1 Å². The number of aromatic nitrogens is 4. The minimum atomic E-state index is -1.06. The van der Waals surface area contributed by atoms with Gasteiger partial charge in [-0.3, -0.25) is 24.5 Å². The number of nitrogens with zero attached hydrogens (tertiary/aromatic N) is 5. The Morgan fingerprint density at radius 3 is 2.51 bits per heavy atom. The van der Waals surface area contributed by atoms with E-state index in [1.807, 2.05) is 0 Å². The van der Waals surface area contributed by atoms with Crippen molar-refractivity contribution >= 4 is 29.0 Å². The number of imidazole rings is 1. The van der Waals surface area contributed by atoms with Gasteiger partial charge in [-0.15, -0.1) is 0 Å². The topological polar surface area (TPSA) is 179 Å². The van der Waals surface area contributed by atoms with Crippen molar-refractivity contribution in [3.05, 3.63) is 85.0 Å². The summed E-state index contributed by atoms with van der Waals surface area (Å²) in [4.78, 5) is 41.5. The number of fused-ring (bicyclic) bond motifs is 1. The molecular weight excluding hydrogens is 486 g/mol. The number of aryl methyl sites for hydroxylation is 1. The first-order chi connectivity index (χ1) is 17.8. The third-order valence-corrected chi connectivity index (χ3v) is 5.38. The number of non-ortho nitro benzene ring substituents is 1. The number of nitro benzene ring substituents is 1. The number of hydrogen-bond acceptors (Lipinski definition) is 10. The van der Waals surface area contributed by atoms with Crippen LogP contribution in [0.1, 0.15) is 5.56 Å². The van der Waals surface area contributed by atoms with Crippen LogP contribution in [0.4, 0.5) is 11.6 Å². The number of anilines is 1. The lowest BCUT2D eigenvalue weighted by atomic mass is 10.2. The van der Waals surface area contributed by atoms with Crippen LogP contribution in [0.5, 0.6) is 11.5 Å². The molecule has 0 aliphatic carbocycles. The van der Waals surface area contributed by atoms with Crippen LogP contribution >= 0.6 is 0 Å². The molecule has 4 aromatic rings. The van der Waals surface area contributed by atoms with Gasteiger partial charge in [0, 0.05) is 19.2 Å². The van der Waals surface area contributed by atoms with Gasteiger partial charge in [-0.2, -0.15) is 10.1 Å². The van der Waals surface area contributed by atoms with Crippen molar-refractivity contribution in [3.8, 4) is 11.5 Å². The van der Waals surface area contributed by atoms with Crippen molar-refractivity contribution in [3.63, 3.8) is 0 Å². The first-order valence-electron chi connectivity index (χ1n) is 10.9. The Hall–Kier alpha value is -4.98. The maximum Gasteiger partial charge on any atom is 0.329 e. The summed E-state index contributed by atoms with van der Waals surface area (Å²) in [5.74, 6) is 1.26. The molecule has 14 nitrogen and oxygen atoms in total. The SMILES string of the molecule is COc1ccc(OC[C@@H](O)Cn2c(N/N=C\c3ccc([N+](=O)[O-])cc3)nc3c2c(=O)[nH]c(=O)n3C)cc1. The van der Waals surface area contributed by atoms with Crippen molar-refractivity contribution in [2.45, 2.75) is 12.6 Å². The van der Waals surface area contributed by atoms with E-state index in [9.17, 15) is 24.8 Å². The van der Waals surface area contributed by atoms with Gasteiger partial charge in [-0.05, 0) is 42.0 Å². The fraction of sp³-hybridized carbons (Fsp3) is 0.217. The van der Waals surface area contributed by atoms with Gasteiger partial charge in [-0.1, -0.05) is 0 Å². The predicted molar refractivity (Wildman–Crippen MR) is 134 cm³/mol. The van der Waals surface area contributed by atoms with Crippen LogP contribution in [-0.2, 0) is 13.6 Å². The van der Waals surface area contributed by atoms with Gasteiger partial charge >= 0.3 is 5.69 Å². The molecule has 0 aliphatic heterocycles. The minimum Gasteiger partial charge on any atom is -0.497 e. The number of hydrogen-bond donors (Lipinski definition) is 3. The van der Waals surface area contributed by atoms with Gasteiger partial charge in [-0.25, -0.2) is 10.2 Å². The average Bonchev–Trinajstić information content (AvgIpc) is 3.25. The highest BCUT2D eigenvalue weighted by molar-refractivity contribution is 5.81. The monoisotopic (exact) mass is 509 g/mol. The Kier molecular flexibility index (Phi) is 7.29. The summed E-state index contributed by atoms with van der Waals surface area (Å²) in [6.07, 6.45) is 0.343. The van der Waals surface area contributed by atoms with Crippen molar-refractivity contribution in [2.24, 2.45) is 12.1 Å². The summed E-state index contributed by atoms with van der Waals surface area (Å²) in [5, 5.41) is 25.6. The first kappa shape index (κ1) is 25.1. The van der Waals surface area contributed by atoms with Crippen LogP contribution in [0.25, 0.3) is 11.2 Å². The lowest BCUT2D eigenvalue weighted by Gasteiger charge is -2.15. The largest absolute Gasteiger partial charge is 0.497 e. The van der Waals surface area contributed by atoms with E-state index in [1.165, 1.54) is 46.7 Å². The smallest absolute Gasteiger partial charge is 0.329 e. The summed E-state index contributed by atoms with van der Waals surface area (Å²) >= 11 is 0. The molecular formula is C23H23N7O7. The fourth-order valence-electron chi connectivity index (χ4n) is 3.47. The van der Waals surface area contributed by atoms with E-state index in [-0.39, 0.29) is 36.0 Å². The maximum absolute atomic E-state index is 12.6. The first-order valence-corrected chi connectivity index (χ1v) is 10.9. The summed E-state index contributed by atoms with van der Waals surface area (Å²) in [5.41, 5.74) is 2.03. The molecule has 0 amide bonds. The zero-order valence-corrected chi connectivity index (χ0v) is 19.8. The molecule has 0 aliphatic rings. The molecule has 2 aromatic carbocycles. The van der Waals surface area contributed by atoms with Gasteiger partial charge < -0.3 is 19.1 Å². The highest BCUT2D eigenvalue weighted by Gasteiger charge is 2.20. The van der Waals surface area contributed by atoms with Crippen LogP contribution < -0.4 is 26.1 Å². The zero-order valence-electron chi connectivity index (χ0n) is 19.8. The van der Waals surface area contributed by atoms with Gasteiger partial charge in [0.15, 0.2) is 11.2 Å². The number of aromatic amines is 1. The third kappa shape index (κ3) is 5.65. The summed E-state index contributed by atoms with van der Waals surface area (Å²) < 4.78 is 13.3. The number of methoxy groups -OCH3 is 1. The van der Waals surface area contributed by atoms with Crippen molar-refractivity contribution < 1.29 is 19.5 Å².